The number of benzene rings is 1. The lowest BCUT2D eigenvalue weighted by Crippen LogP contribution is -2.39. The van der Waals surface area contributed by atoms with Crippen LogP contribution in [0.15, 0.2) is 30.5 Å². The maximum Gasteiger partial charge on any atom is 0.335 e. The molecule has 0 radical (unpaired) electrons. The highest BCUT2D eigenvalue weighted by Gasteiger charge is 2.36. The molecule has 162 valence electrons. The summed E-state index contributed by atoms with van der Waals surface area (Å²) in [7, 11) is 0. The number of carbonyl (C=O) groups excluding carboxylic acids is 2. The van der Waals surface area contributed by atoms with Crippen molar-refractivity contribution in [3.8, 4) is 0 Å². The second-order valence-corrected chi connectivity index (χ2v) is 8.28. The first-order valence-corrected chi connectivity index (χ1v) is 10.6. The van der Waals surface area contributed by atoms with E-state index in [1.165, 1.54) is 6.07 Å². The van der Waals surface area contributed by atoms with E-state index in [0.29, 0.717) is 30.0 Å². The standard InChI is InChI=1S/C23H26N4O4/c1-14-24-13-19(21(28)25-12-15-3-2-4-18(11-15)23(30)31)20(26-14)16-7-9-27(10-8-16)22(29)17-5-6-17/h2-4,11,13,16-17H,5-10,12H2,1H3,(H,25,28)(H,30,31). The molecule has 2 heterocycles. The molecule has 1 aromatic carbocycles. The van der Waals surface area contributed by atoms with Crippen LogP contribution >= 0.6 is 0 Å². The van der Waals surface area contributed by atoms with Crippen LogP contribution in [0, 0.1) is 12.8 Å². The SMILES string of the molecule is Cc1ncc(C(=O)NCc2cccc(C(=O)O)c2)c(C2CCN(C(=O)C3CC3)CC2)n1. The summed E-state index contributed by atoms with van der Waals surface area (Å²) < 4.78 is 0. The molecule has 2 amide bonds. The Morgan fingerprint density at radius 3 is 2.58 bits per heavy atom. The number of nitrogens with one attached hydrogen (secondary N) is 1. The van der Waals surface area contributed by atoms with Crippen LogP contribution in [0.1, 0.15) is 69.4 Å². The van der Waals surface area contributed by atoms with Crippen LogP contribution in [-0.4, -0.2) is 50.8 Å². The number of hydrogen-bond acceptors (Lipinski definition) is 5. The van der Waals surface area contributed by atoms with Gasteiger partial charge >= 0.3 is 5.97 Å². The highest BCUT2D eigenvalue weighted by molar-refractivity contribution is 5.95. The summed E-state index contributed by atoms with van der Waals surface area (Å²) in [4.78, 5) is 47.1. The Morgan fingerprint density at radius 1 is 1.16 bits per heavy atom. The normalized spacial score (nSPS) is 16.7. The summed E-state index contributed by atoms with van der Waals surface area (Å²) in [6.45, 7) is 3.38. The zero-order valence-corrected chi connectivity index (χ0v) is 17.5. The molecule has 31 heavy (non-hydrogen) atoms. The molecule has 0 unspecified atom stereocenters. The molecule has 0 atom stereocenters. The second-order valence-electron chi connectivity index (χ2n) is 8.28. The summed E-state index contributed by atoms with van der Waals surface area (Å²) in [6.07, 6.45) is 5.11. The van der Waals surface area contributed by atoms with Gasteiger partial charge in [-0.1, -0.05) is 12.1 Å². The van der Waals surface area contributed by atoms with Gasteiger partial charge in [-0.3, -0.25) is 9.59 Å². The van der Waals surface area contributed by atoms with Gasteiger partial charge in [-0.15, -0.1) is 0 Å². The van der Waals surface area contributed by atoms with Gasteiger partial charge in [0.2, 0.25) is 5.91 Å². The smallest absolute Gasteiger partial charge is 0.335 e. The van der Waals surface area contributed by atoms with Crippen molar-refractivity contribution >= 4 is 17.8 Å². The Bertz CT molecular complexity index is 1010. The predicted octanol–water partition coefficient (Wildman–Crippen LogP) is 2.53. The lowest BCUT2D eigenvalue weighted by molar-refractivity contribution is -0.133. The average molecular weight is 422 g/mol. The van der Waals surface area contributed by atoms with Gasteiger partial charge in [0.05, 0.1) is 16.8 Å². The van der Waals surface area contributed by atoms with E-state index in [1.54, 1.807) is 31.3 Å². The van der Waals surface area contributed by atoms with E-state index in [9.17, 15) is 14.4 Å². The van der Waals surface area contributed by atoms with Gasteiger partial charge in [-0.2, -0.15) is 0 Å². The van der Waals surface area contributed by atoms with Crippen LogP contribution < -0.4 is 5.32 Å². The maximum atomic E-state index is 12.9. The molecule has 2 aromatic rings. The highest BCUT2D eigenvalue weighted by Crippen LogP contribution is 2.34. The lowest BCUT2D eigenvalue weighted by Gasteiger charge is -2.32. The number of aromatic carboxylic acids is 1. The minimum Gasteiger partial charge on any atom is -0.478 e. The first-order valence-electron chi connectivity index (χ1n) is 10.6. The van der Waals surface area contributed by atoms with Crippen LogP contribution in [0.25, 0.3) is 0 Å². The van der Waals surface area contributed by atoms with Gasteiger partial charge in [-0.05, 0) is 50.3 Å². The number of nitrogens with zero attached hydrogens (tertiary/aromatic N) is 3. The zero-order valence-electron chi connectivity index (χ0n) is 17.5. The average Bonchev–Trinajstić information content (AvgIpc) is 3.63. The van der Waals surface area contributed by atoms with E-state index in [1.807, 2.05) is 4.90 Å². The minimum atomic E-state index is -1.01. The molecule has 1 saturated carbocycles. The first-order chi connectivity index (χ1) is 14.9. The van der Waals surface area contributed by atoms with Crippen molar-refractivity contribution in [2.45, 2.75) is 45.1 Å². The molecule has 1 saturated heterocycles. The molecule has 2 fully saturated rings. The van der Waals surface area contributed by atoms with E-state index >= 15 is 0 Å². The monoisotopic (exact) mass is 422 g/mol. The number of piperidine rings is 1. The number of carboxylic acids is 1. The second kappa shape index (κ2) is 8.83. The van der Waals surface area contributed by atoms with Gasteiger partial charge in [0, 0.05) is 37.7 Å². The van der Waals surface area contributed by atoms with E-state index in [2.05, 4.69) is 15.3 Å². The zero-order chi connectivity index (χ0) is 22.0. The number of aromatic nitrogens is 2. The number of carbonyl (C=O) groups is 3. The van der Waals surface area contributed by atoms with Crippen LogP contribution in [0.3, 0.4) is 0 Å². The summed E-state index contributed by atoms with van der Waals surface area (Å²) in [6, 6.07) is 6.48. The molecule has 1 aliphatic heterocycles. The number of likely N-dealkylation sites (tertiary alicyclic amines) is 1. The molecule has 1 aliphatic carbocycles. The van der Waals surface area contributed by atoms with Crippen molar-refractivity contribution in [1.82, 2.24) is 20.2 Å². The molecule has 8 nitrogen and oxygen atoms in total. The van der Waals surface area contributed by atoms with Gasteiger partial charge < -0.3 is 15.3 Å². The Labute approximate surface area is 180 Å². The molecule has 0 bridgehead atoms. The molecule has 8 heteroatoms. The summed E-state index contributed by atoms with van der Waals surface area (Å²) >= 11 is 0. The third-order valence-corrected chi connectivity index (χ3v) is 5.93. The molecular weight excluding hydrogens is 396 g/mol. The Hall–Kier alpha value is -3.29. The number of aryl methyl sites for hydroxylation is 1. The van der Waals surface area contributed by atoms with Gasteiger partial charge in [0.1, 0.15) is 5.82 Å². The fraction of sp³-hybridized carbons (Fsp3) is 0.435. The van der Waals surface area contributed by atoms with E-state index in [0.717, 1.165) is 31.4 Å². The Kier molecular flexibility index (Phi) is 5.97. The highest BCUT2D eigenvalue weighted by atomic mass is 16.4. The fourth-order valence-electron chi connectivity index (χ4n) is 4.03. The number of hydrogen-bond donors (Lipinski definition) is 2. The van der Waals surface area contributed by atoms with Crippen molar-refractivity contribution in [3.63, 3.8) is 0 Å². The van der Waals surface area contributed by atoms with Crippen molar-refractivity contribution in [1.29, 1.82) is 0 Å². The Morgan fingerprint density at radius 2 is 1.90 bits per heavy atom. The molecule has 1 aromatic heterocycles. The van der Waals surface area contributed by atoms with Crippen molar-refractivity contribution in [3.05, 3.63) is 58.7 Å². The van der Waals surface area contributed by atoms with Gasteiger partial charge in [-0.25, -0.2) is 14.8 Å². The quantitative estimate of drug-likeness (QED) is 0.740. The fourth-order valence-corrected chi connectivity index (χ4v) is 4.03. The van der Waals surface area contributed by atoms with Gasteiger partial charge in [0.25, 0.3) is 5.91 Å². The molecule has 4 rings (SSSR count). The third-order valence-electron chi connectivity index (χ3n) is 5.93. The molecule has 2 N–H and O–H groups in total. The summed E-state index contributed by atoms with van der Waals surface area (Å²) in [5.41, 5.74) is 2.04. The van der Waals surface area contributed by atoms with Crippen LogP contribution in [0.5, 0.6) is 0 Å². The minimum absolute atomic E-state index is 0.0982. The van der Waals surface area contributed by atoms with E-state index in [-0.39, 0.29) is 35.8 Å². The number of rotatable bonds is 6. The Balaban J connectivity index is 1.44. The van der Waals surface area contributed by atoms with Crippen LogP contribution in [0.2, 0.25) is 0 Å². The van der Waals surface area contributed by atoms with Gasteiger partial charge in [0.15, 0.2) is 0 Å². The lowest BCUT2D eigenvalue weighted by atomic mass is 9.90. The molecule has 0 spiro atoms. The summed E-state index contributed by atoms with van der Waals surface area (Å²) in [5.74, 6) is -0.1000. The van der Waals surface area contributed by atoms with Crippen LogP contribution in [-0.2, 0) is 11.3 Å². The molecular formula is C23H26N4O4. The first kappa shape index (κ1) is 21.0. The summed E-state index contributed by atoms with van der Waals surface area (Å²) in [5, 5.41) is 12.0. The van der Waals surface area contributed by atoms with Crippen molar-refractivity contribution in [2.24, 2.45) is 5.92 Å². The maximum absolute atomic E-state index is 12.9. The third kappa shape index (κ3) is 4.90. The molecule has 2 aliphatic rings. The number of amides is 2. The van der Waals surface area contributed by atoms with Crippen LogP contribution in [0.4, 0.5) is 0 Å². The largest absolute Gasteiger partial charge is 0.478 e. The predicted molar refractivity (Wildman–Crippen MR) is 113 cm³/mol. The van der Waals surface area contributed by atoms with E-state index in [4.69, 9.17) is 5.11 Å². The topological polar surface area (TPSA) is 112 Å². The number of carboxylic acid groups (broad SMARTS) is 1. The van der Waals surface area contributed by atoms with E-state index < -0.39 is 5.97 Å². The van der Waals surface area contributed by atoms with Crippen molar-refractivity contribution in [2.75, 3.05) is 13.1 Å². The van der Waals surface area contributed by atoms with Crippen molar-refractivity contribution < 1.29 is 19.5 Å².